The number of ether oxygens (including phenoxy) is 1. The van der Waals surface area contributed by atoms with E-state index in [0.717, 1.165) is 10.0 Å². The van der Waals surface area contributed by atoms with Crippen LogP contribution < -0.4 is 10.1 Å². The first-order chi connectivity index (χ1) is 13.4. The van der Waals surface area contributed by atoms with E-state index < -0.39 is 4.92 Å². The highest BCUT2D eigenvalue weighted by molar-refractivity contribution is 9.10. The van der Waals surface area contributed by atoms with Crippen molar-refractivity contribution in [2.45, 2.75) is 13.5 Å². The predicted molar refractivity (Wildman–Crippen MR) is 105 cm³/mol. The van der Waals surface area contributed by atoms with Crippen LogP contribution in [0.15, 0.2) is 46.9 Å². The number of methoxy groups -OCH3 is 1. The average molecular weight is 446 g/mol. The number of carbonyl (C=O) groups is 1. The van der Waals surface area contributed by atoms with Crippen LogP contribution in [0.2, 0.25) is 0 Å². The van der Waals surface area contributed by atoms with Gasteiger partial charge in [0.25, 0.3) is 11.6 Å². The van der Waals surface area contributed by atoms with Crippen LogP contribution in [0, 0.1) is 17.0 Å². The summed E-state index contributed by atoms with van der Waals surface area (Å²) in [6.45, 7) is 1.97. The van der Waals surface area contributed by atoms with E-state index in [1.165, 1.54) is 16.8 Å². The first-order valence-electron chi connectivity index (χ1n) is 8.18. The normalized spacial score (nSPS) is 10.5. The number of rotatable bonds is 6. The molecule has 1 aromatic heterocycles. The zero-order valence-electron chi connectivity index (χ0n) is 15.0. The van der Waals surface area contributed by atoms with Gasteiger partial charge in [0.1, 0.15) is 5.75 Å². The van der Waals surface area contributed by atoms with Gasteiger partial charge in [-0.15, -0.1) is 5.10 Å². The lowest BCUT2D eigenvalue weighted by atomic mass is 10.2. The molecular weight excluding hydrogens is 430 g/mol. The van der Waals surface area contributed by atoms with Crippen LogP contribution in [0.1, 0.15) is 21.7 Å². The van der Waals surface area contributed by atoms with E-state index in [2.05, 4.69) is 31.6 Å². The van der Waals surface area contributed by atoms with Crippen molar-refractivity contribution in [3.8, 4) is 11.4 Å². The van der Waals surface area contributed by atoms with Gasteiger partial charge in [-0.05, 0) is 46.6 Å². The quantitative estimate of drug-likeness (QED) is 0.460. The molecule has 3 aromatic rings. The van der Waals surface area contributed by atoms with E-state index in [1.54, 1.807) is 32.2 Å². The molecule has 144 valence electrons. The molecule has 0 atom stereocenters. The number of nitro groups is 1. The smallest absolute Gasteiger partial charge is 0.274 e. The Morgan fingerprint density at radius 3 is 2.79 bits per heavy atom. The van der Waals surface area contributed by atoms with Gasteiger partial charge in [-0.25, -0.2) is 4.68 Å². The second-order valence-electron chi connectivity index (χ2n) is 5.86. The largest absolute Gasteiger partial charge is 0.496 e. The Morgan fingerprint density at radius 1 is 1.32 bits per heavy atom. The fourth-order valence-corrected chi connectivity index (χ4v) is 3.20. The molecule has 0 saturated carbocycles. The number of carbonyl (C=O) groups excluding carboxylic acids is 1. The zero-order valence-corrected chi connectivity index (χ0v) is 16.6. The van der Waals surface area contributed by atoms with Gasteiger partial charge in [0.15, 0.2) is 5.69 Å². The molecule has 0 saturated heterocycles. The highest BCUT2D eigenvalue weighted by atomic mass is 79.9. The van der Waals surface area contributed by atoms with Crippen LogP contribution in [0.3, 0.4) is 0 Å². The van der Waals surface area contributed by atoms with Gasteiger partial charge in [0.05, 0.1) is 27.9 Å². The molecule has 1 N–H and O–H groups in total. The molecule has 0 unspecified atom stereocenters. The van der Waals surface area contributed by atoms with Crippen molar-refractivity contribution in [3.05, 3.63) is 74.0 Å². The van der Waals surface area contributed by atoms with Crippen molar-refractivity contribution in [1.82, 2.24) is 20.3 Å². The highest BCUT2D eigenvalue weighted by Crippen LogP contribution is 2.25. The molecule has 1 heterocycles. The summed E-state index contributed by atoms with van der Waals surface area (Å²) in [7, 11) is 1.58. The number of benzene rings is 2. The van der Waals surface area contributed by atoms with E-state index in [0.29, 0.717) is 23.7 Å². The number of hydrogen-bond donors (Lipinski definition) is 1. The summed E-state index contributed by atoms with van der Waals surface area (Å²) in [6, 6.07) is 11.5. The SMILES string of the molecule is COc1ccc(CNC(=O)c2nnn(-c3cccc([N+](=O)[O-])c3)c2C)cc1Br. The van der Waals surface area contributed by atoms with Crippen molar-refractivity contribution in [2.75, 3.05) is 7.11 Å². The summed E-state index contributed by atoms with van der Waals surface area (Å²) in [4.78, 5) is 23.0. The van der Waals surface area contributed by atoms with E-state index >= 15 is 0 Å². The van der Waals surface area contributed by atoms with Gasteiger partial charge in [-0.1, -0.05) is 17.3 Å². The molecule has 0 aliphatic heterocycles. The number of aromatic nitrogens is 3. The Kier molecular flexibility index (Phi) is 5.69. The van der Waals surface area contributed by atoms with Crippen molar-refractivity contribution in [3.63, 3.8) is 0 Å². The van der Waals surface area contributed by atoms with E-state index in [4.69, 9.17) is 4.74 Å². The molecule has 0 spiro atoms. The first kappa shape index (κ1) is 19.5. The molecule has 0 aliphatic carbocycles. The lowest BCUT2D eigenvalue weighted by Crippen LogP contribution is -2.24. The minimum atomic E-state index is -0.490. The topological polar surface area (TPSA) is 112 Å². The Balaban J connectivity index is 1.76. The second-order valence-corrected chi connectivity index (χ2v) is 6.72. The fourth-order valence-electron chi connectivity index (χ4n) is 2.61. The van der Waals surface area contributed by atoms with Crippen LogP contribution in [0.4, 0.5) is 5.69 Å². The number of nitro benzene ring substituents is 1. The number of nitrogens with zero attached hydrogens (tertiary/aromatic N) is 4. The van der Waals surface area contributed by atoms with Gasteiger partial charge >= 0.3 is 0 Å². The number of halogens is 1. The van der Waals surface area contributed by atoms with Crippen LogP contribution in [0.25, 0.3) is 5.69 Å². The summed E-state index contributed by atoms with van der Waals surface area (Å²) in [5.41, 5.74) is 1.90. The Bertz CT molecular complexity index is 1050. The summed E-state index contributed by atoms with van der Waals surface area (Å²) >= 11 is 3.40. The number of nitrogens with one attached hydrogen (secondary N) is 1. The summed E-state index contributed by atoms with van der Waals surface area (Å²) < 4.78 is 7.36. The fraction of sp³-hybridized carbons (Fsp3) is 0.167. The third kappa shape index (κ3) is 4.01. The molecule has 0 radical (unpaired) electrons. The van der Waals surface area contributed by atoms with Gasteiger partial charge in [-0.3, -0.25) is 14.9 Å². The second kappa shape index (κ2) is 8.17. The first-order valence-corrected chi connectivity index (χ1v) is 8.97. The van der Waals surface area contributed by atoms with Crippen LogP contribution in [0.5, 0.6) is 5.75 Å². The van der Waals surface area contributed by atoms with Crippen molar-refractivity contribution in [1.29, 1.82) is 0 Å². The lowest BCUT2D eigenvalue weighted by molar-refractivity contribution is -0.384. The molecule has 10 heteroatoms. The maximum atomic E-state index is 12.5. The number of amides is 1. The third-order valence-corrected chi connectivity index (χ3v) is 4.68. The minimum Gasteiger partial charge on any atom is -0.496 e. The molecule has 9 nitrogen and oxygen atoms in total. The monoisotopic (exact) mass is 445 g/mol. The molecule has 28 heavy (non-hydrogen) atoms. The highest BCUT2D eigenvalue weighted by Gasteiger charge is 2.18. The molecular formula is C18H16BrN5O4. The van der Waals surface area contributed by atoms with Gasteiger partial charge in [0.2, 0.25) is 0 Å². The molecule has 3 rings (SSSR count). The van der Waals surface area contributed by atoms with Crippen molar-refractivity contribution in [2.24, 2.45) is 0 Å². The van der Waals surface area contributed by atoms with Crippen LogP contribution >= 0.6 is 15.9 Å². The summed E-state index contributed by atoms with van der Waals surface area (Å²) in [5.74, 6) is 0.312. The third-order valence-electron chi connectivity index (χ3n) is 4.06. The van der Waals surface area contributed by atoms with Crippen molar-refractivity contribution >= 4 is 27.5 Å². The molecule has 2 aromatic carbocycles. The van der Waals surface area contributed by atoms with E-state index in [-0.39, 0.29) is 17.3 Å². The average Bonchev–Trinajstić information content (AvgIpc) is 3.07. The van der Waals surface area contributed by atoms with E-state index in [9.17, 15) is 14.9 Å². The maximum absolute atomic E-state index is 12.5. The molecule has 0 fully saturated rings. The molecule has 0 bridgehead atoms. The zero-order chi connectivity index (χ0) is 20.3. The van der Waals surface area contributed by atoms with Gasteiger partial charge < -0.3 is 10.1 Å². The standard InChI is InChI=1S/C18H16BrN5O4/c1-11-17(18(25)20-10-12-6-7-16(28-2)15(19)8-12)21-22-23(11)13-4-3-5-14(9-13)24(26)27/h3-9H,10H2,1-2H3,(H,20,25). The Morgan fingerprint density at radius 2 is 2.11 bits per heavy atom. The minimum absolute atomic E-state index is 0.0662. The van der Waals surface area contributed by atoms with E-state index in [1.807, 2.05) is 12.1 Å². The summed E-state index contributed by atoms with van der Waals surface area (Å²) in [5, 5.41) is 21.6. The predicted octanol–water partition coefficient (Wildman–Crippen LogP) is 3.19. The summed E-state index contributed by atoms with van der Waals surface area (Å²) in [6.07, 6.45) is 0. The number of hydrogen-bond acceptors (Lipinski definition) is 6. The van der Waals surface area contributed by atoms with Crippen LogP contribution in [-0.2, 0) is 6.54 Å². The van der Waals surface area contributed by atoms with Crippen molar-refractivity contribution < 1.29 is 14.5 Å². The lowest BCUT2D eigenvalue weighted by Gasteiger charge is -2.08. The van der Waals surface area contributed by atoms with Gasteiger partial charge in [0, 0.05) is 18.7 Å². The number of non-ortho nitro benzene ring substituents is 1. The Hall–Kier alpha value is -3.27. The molecule has 0 aliphatic rings. The maximum Gasteiger partial charge on any atom is 0.274 e. The van der Waals surface area contributed by atoms with Crippen LogP contribution in [-0.4, -0.2) is 32.9 Å². The van der Waals surface area contributed by atoms with Gasteiger partial charge in [-0.2, -0.15) is 0 Å². The Labute approximate surface area is 168 Å². The molecule has 1 amide bonds.